The van der Waals surface area contributed by atoms with Crippen LogP contribution in [0, 0.1) is 24.2 Å². The largest absolute Gasteiger partial charge is 0.495 e. The van der Waals surface area contributed by atoms with Gasteiger partial charge in [0.2, 0.25) is 5.91 Å². The molecule has 14 heteroatoms. The Balaban J connectivity index is 2.14. The molecule has 0 unspecified atom stereocenters. The number of hydrogen-bond donors (Lipinski definition) is 3. The van der Waals surface area contributed by atoms with Crippen LogP contribution in [0.3, 0.4) is 0 Å². The minimum Gasteiger partial charge on any atom is -0.495 e. The molecular weight excluding hydrogens is 658 g/mol. The zero-order valence-corrected chi connectivity index (χ0v) is 29.8. The van der Waals surface area contributed by atoms with Gasteiger partial charge in [0.05, 0.1) is 25.3 Å². The molecule has 0 spiro atoms. The molecule has 3 amide bonds. The number of halogens is 1. The van der Waals surface area contributed by atoms with Crippen molar-refractivity contribution in [2.75, 3.05) is 33.2 Å². The summed E-state index contributed by atoms with van der Waals surface area (Å²) in [5.74, 6) is -1.60. The summed E-state index contributed by atoms with van der Waals surface area (Å²) in [6.07, 6.45) is 4.72. The van der Waals surface area contributed by atoms with Gasteiger partial charge in [0.15, 0.2) is 5.72 Å². The Morgan fingerprint density at radius 3 is 2.53 bits per heavy atom. The number of anilines is 1. The van der Waals surface area contributed by atoms with Crippen LogP contribution in [0.4, 0.5) is 10.5 Å². The Kier molecular flexibility index (Phi) is 13.3. The first-order chi connectivity index (χ1) is 23.0. The van der Waals surface area contributed by atoms with Gasteiger partial charge in [0.25, 0.3) is 5.91 Å². The average molecular weight is 704 g/mol. The highest BCUT2D eigenvalue weighted by atomic mass is 35.5. The number of aliphatic hydroxyl groups is 2. The summed E-state index contributed by atoms with van der Waals surface area (Å²) in [5, 5.41) is 25.9. The van der Waals surface area contributed by atoms with E-state index in [1.165, 1.54) is 40.1 Å². The number of allylic oxidation sites excluding steroid dienone is 3. The van der Waals surface area contributed by atoms with Gasteiger partial charge in [-0.15, -0.1) is 6.42 Å². The van der Waals surface area contributed by atoms with E-state index in [0.29, 0.717) is 17.9 Å². The zero-order chi connectivity index (χ0) is 36.8. The number of aliphatic hydroxyl groups excluding tert-OH is 1. The van der Waals surface area contributed by atoms with Gasteiger partial charge >= 0.3 is 12.1 Å². The lowest BCUT2D eigenvalue weighted by atomic mass is 9.81. The molecule has 4 bridgehead atoms. The normalized spacial score (nSPS) is 30.4. The van der Waals surface area contributed by atoms with Gasteiger partial charge in [-0.05, 0) is 43.9 Å². The topological polar surface area (TPSA) is 164 Å². The molecule has 13 nitrogen and oxygen atoms in total. The second kappa shape index (κ2) is 16.5. The van der Waals surface area contributed by atoms with Crippen molar-refractivity contribution in [1.82, 2.24) is 10.2 Å². The van der Waals surface area contributed by atoms with Crippen LogP contribution in [0.25, 0.3) is 0 Å². The van der Waals surface area contributed by atoms with Crippen LogP contribution in [-0.4, -0.2) is 103 Å². The van der Waals surface area contributed by atoms with Crippen LogP contribution < -0.4 is 15.0 Å². The number of nitrogens with one attached hydrogen (secondary N) is 1. The highest BCUT2D eigenvalue weighted by molar-refractivity contribution is 6.35. The van der Waals surface area contributed by atoms with Crippen molar-refractivity contribution in [2.24, 2.45) is 11.8 Å². The van der Waals surface area contributed by atoms with Crippen molar-refractivity contribution in [2.45, 2.75) is 83.1 Å². The molecule has 1 saturated heterocycles. The first-order valence-corrected chi connectivity index (χ1v) is 16.2. The van der Waals surface area contributed by atoms with Gasteiger partial charge in [0, 0.05) is 39.5 Å². The van der Waals surface area contributed by atoms with Crippen LogP contribution in [0.5, 0.6) is 5.75 Å². The predicted octanol–water partition coefficient (Wildman–Crippen LogP) is 2.99. The Morgan fingerprint density at radius 1 is 1.24 bits per heavy atom. The van der Waals surface area contributed by atoms with Gasteiger partial charge in [-0.1, -0.05) is 49.2 Å². The Labute approximate surface area is 292 Å². The molecule has 1 fully saturated rings. The number of fused-ring (bicyclic) bond motifs is 4. The van der Waals surface area contributed by atoms with Crippen molar-refractivity contribution < 1.29 is 48.3 Å². The smallest absolute Gasteiger partial charge is 0.409 e. The fraction of sp³-hybridized carbons (Fsp3) is 0.543. The second-order valence-corrected chi connectivity index (χ2v) is 13.0. The van der Waals surface area contributed by atoms with Gasteiger partial charge in [-0.3, -0.25) is 14.9 Å². The summed E-state index contributed by atoms with van der Waals surface area (Å²) < 4.78 is 22.4. The summed E-state index contributed by atoms with van der Waals surface area (Å²) in [5.41, 5.74) is 0.108. The van der Waals surface area contributed by atoms with E-state index in [2.05, 4.69) is 5.32 Å². The van der Waals surface area contributed by atoms with Gasteiger partial charge in [0.1, 0.15) is 35.1 Å². The lowest BCUT2D eigenvalue weighted by Gasteiger charge is -2.43. The molecule has 0 saturated carbocycles. The van der Waals surface area contributed by atoms with E-state index < -0.39 is 78.3 Å². The van der Waals surface area contributed by atoms with E-state index in [1.54, 1.807) is 38.1 Å². The van der Waals surface area contributed by atoms with E-state index in [0.717, 1.165) is 16.0 Å². The second-order valence-electron chi connectivity index (χ2n) is 12.6. The van der Waals surface area contributed by atoms with Crippen molar-refractivity contribution in [3.8, 4) is 18.1 Å². The fourth-order valence-electron chi connectivity index (χ4n) is 5.87. The van der Waals surface area contributed by atoms with E-state index in [1.807, 2.05) is 18.9 Å². The van der Waals surface area contributed by atoms with Crippen LogP contribution in [-0.2, 0) is 35.0 Å². The summed E-state index contributed by atoms with van der Waals surface area (Å²) in [7, 11) is 5.71. The minimum absolute atomic E-state index is 0.165. The maximum Gasteiger partial charge on any atom is 0.409 e. The van der Waals surface area contributed by atoms with Crippen LogP contribution in [0.2, 0.25) is 5.02 Å². The summed E-state index contributed by atoms with van der Waals surface area (Å²) in [6, 6.07) is 2.38. The third-order valence-corrected chi connectivity index (χ3v) is 9.64. The monoisotopic (exact) mass is 703 g/mol. The van der Waals surface area contributed by atoms with Gasteiger partial charge in [-0.25, -0.2) is 9.59 Å². The van der Waals surface area contributed by atoms with Crippen molar-refractivity contribution >= 4 is 41.2 Å². The highest BCUT2D eigenvalue weighted by Crippen LogP contribution is 2.38. The molecule has 1 aromatic carbocycles. The molecule has 268 valence electrons. The molecule has 0 radical (unpaired) electrons. The minimum atomic E-state index is -1.90. The number of amides is 3. The quantitative estimate of drug-likeness (QED) is 0.307. The number of methoxy groups -OCH3 is 2. The molecule has 1 aromatic rings. The lowest BCUT2D eigenvalue weighted by molar-refractivity contribution is -0.167. The summed E-state index contributed by atoms with van der Waals surface area (Å²) >= 11 is 6.68. The third-order valence-electron chi connectivity index (χ3n) is 9.26. The molecule has 0 aliphatic carbocycles. The van der Waals surface area contributed by atoms with Crippen LogP contribution >= 0.6 is 11.6 Å². The number of benzene rings is 1. The molecule has 49 heavy (non-hydrogen) atoms. The Bertz CT molecular complexity index is 1520. The van der Waals surface area contributed by atoms with Crippen molar-refractivity contribution in [3.05, 3.63) is 46.5 Å². The van der Waals surface area contributed by atoms with Gasteiger partial charge in [-0.2, -0.15) is 0 Å². The number of nitrogens with zero attached hydrogens (tertiary/aromatic N) is 2. The number of alkyl carbamates (subject to hydrolysis) is 1. The number of esters is 1. The maximum atomic E-state index is 13.9. The molecular formula is C35H46ClN3O10. The molecule has 2 heterocycles. The Hall–Kier alpha value is -4.09. The van der Waals surface area contributed by atoms with Crippen LogP contribution in [0.15, 0.2) is 35.9 Å². The van der Waals surface area contributed by atoms with E-state index in [-0.39, 0.29) is 11.4 Å². The van der Waals surface area contributed by atoms with Crippen LogP contribution in [0.1, 0.15) is 46.1 Å². The zero-order valence-electron chi connectivity index (χ0n) is 29.1. The van der Waals surface area contributed by atoms with E-state index in [9.17, 15) is 29.4 Å². The third kappa shape index (κ3) is 9.13. The lowest BCUT2D eigenvalue weighted by Crippen LogP contribution is -2.64. The van der Waals surface area contributed by atoms with Crippen molar-refractivity contribution in [3.63, 3.8) is 0 Å². The highest BCUT2D eigenvalue weighted by Gasteiger charge is 2.48. The number of carbonyl (C=O) groups is 4. The van der Waals surface area contributed by atoms with Crippen molar-refractivity contribution in [1.29, 1.82) is 0 Å². The van der Waals surface area contributed by atoms with Gasteiger partial charge < -0.3 is 39.0 Å². The summed E-state index contributed by atoms with van der Waals surface area (Å²) in [6.45, 7) is 6.51. The van der Waals surface area contributed by atoms with E-state index in [4.69, 9.17) is 37.0 Å². The number of terminal acetylenes is 1. The number of ether oxygens (including phenoxy) is 4. The predicted molar refractivity (Wildman–Crippen MR) is 182 cm³/mol. The SMILES string of the molecule is C#CC(=O)N(C)[C@@H](C)C(=O)O[C@H]1CC(=O)N(C)c2cc(cc(OC)c2Cl)C/C(C)=C/C=C/[C@@H](OC)[C@@]2(O)C[C@H](OC(=O)N2)[C@@H](C)[C@H](O)[C@@H]1C. The standard InChI is InChI=1S/C35H46ClN3O10/c1-10-29(40)38(6)22(5)33(43)48-25-17-30(41)39(7)24-15-23(16-26(46-8)31(24)36)14-19(2)12-11-13-28(47-9)35(45)18-27(49-34(44)37-35)21(4)32(42)20(25)3/h1,11-13,15-16,20-22,25,27-28,32,42,45H,14,17-18H2,2-9H3,(H,37,44)/b13-11+,19-12+/t20-,21-,22+,25+,27+,28-,32-,35+/m1/s1. The number of hydrogen-bond acceptors (Lipinski definition) is 10. The molecule has 0 aromatic heterocycles. The average Bonchev–Trinajstić information content (AvgIpc) is 3.06. The number of likely N-dealkylation sites (N-methyl/N-ethyl adjacent to an activating group) is 1. The molecule has 2 aliphatic rings. The number of rotatable bonds is 5. The maximum absolute atomic E-state index is 13.9. The molecule has 8 atom stereocenters. The van der Waals surface area contributed by atoms with E-state index >= 15 is 0 Å². The molecule has 3 N–H and O–H groups in total. The summed E-state index contributed by atoms with van der Waals surface area (Å²) in [4.78, 5) is 54.4. The first-order valence-electron chi connectivity index (χ1n) is 15.8. The fourth-order valence-corrected chi connectivity index (χ4v) is 6.18. The number of carbonyl (C=O) groups excluding carboxylic acids is 4. The Morgan fingerprint density at radius 2 is 1.92 bits per heavy atom. The molecule has 3 rings (SSSR count). The molecule has 2 aliphatic heterocycles. The first kappa shape index (κ1) is 39.3.